The van der Waals surface area contributed by atoms with Gasteiger partial charge < -0.3 is 19.0 Å². The average Bonchev–Trinajstić information content (AvgIpc) is 3.44. The number of ether oxygens (including phenoxy) is 2. The molecule has 2 heterocycles. The molecule has 7 heteroatoms. The number of hydrogen-bond donors (Lipinski definition) is 1. The zero-order chi connectivity index (χ0) is 24.2. The molecule has 1 atom stereocenters. The minimum atomic E-state index is -0.928. The van der Waals surface area contributed by atoms with Crippen LogP contribution in [0.25, 0.3) is 5.76 Å². The van der Waals surface area contributed by atoms with Crippen LogP contribution in [0.1, 0.15) is 44.6 Å². The van der Waals surface area contributed by atoms with Gasteiger partial charge in [0.2, 0.25) is 0 Å². The van der Waals surface area contributed by atoms with E-state index in [9.17, 15) is 14.7 Å². The van der Waals surface area contributed by atoms with Crippen LogP contribution in [-0.2, 0) is 9.59 Å². The molecule has 3 aromatic rings. The second-order valence-corrected chi connectivity index (χ2v) is 8.22. The minimum absolute atomic E-state index is 0.000735. The van der Waals surface area contributed by atoms with E-state index >= 15 is 0 Å². The molecule has 176 valence electrons. The number of carbonyl (C=O) groups excluding carboxylic acids is 2. The fraction of sp³-hybridized carbons (Fsp3) is 0.259. The molecule has 2 aromatic carbocycles. The predicted octanol–water partition coefficient (Wildman–Crippen LogP) is 5.48. The van der Waals surface area contributed by atoms with Gasteiger partial charge in [0.1, 0.15) is 29.1 Å². The molecular formula is C27H27NO6. The van der Waals surface area contributed by atoms with Crippen LogP contribution in [0.3, 0.4) is 0 Å². The molecule has 0 bridgehead atoms. The molecule has 34 heavy (non-hydrogen) atoms. The van der Waals surface area contributed by atoms with Crippen LogP contribution in [0.15, 0.2) is 76.9 Å². The van der Waals surface area contributed by atoms with E-state index in [0.717, 1.165) is 6.42 Å². The highest BCUT2D eigenvalue weighted by molar-refractivity contribution is 6.51. The van der Waals surface area contributed by atoms with E-state index in [1.54, 1.807) is 60.7 Å². The van der Waals surface area contributed by atoms with E-state index in [4.69, 9.17) is 13.9 Å². The van der Waals surface area contributed by atoms with Crippen LogP contribution in [-0.4, -0.2) is 29.5 Å². The summed E-state index contributed by atoms with van der Waals surface area (Å²) in [4.78, 5) is 27.7. The molecule has 1 N–H and O–H groups in total. The number of ketones is 1. The third kappa shape index (κ3) is 4.55. The summed E-state index contributed by atoms with van der Waals surface area (Å²) in [7, 11) is 0. The van der Waals surface area contributed by atoms with Crippen LogP contribution >= 0.6 is 0 Å². The van der Waals surface area contributed by atoms with Gasteiger partial charge in [-0.15, -0.1) is 0 Å². The molecule has 7 nitrogen and oxygen atoms in total. The number of amides is 1. The van der Waals surface area contributed by atoms with Gasteiger partial charge in [0.05, 0.1) is 24.5 Å². The van der Waals surface area contributed by atoms with Crippen LogP contribution in [0.5, 0.6) is 11.5 Å². The Bertz CT molecular complexity index is 1190. The maximum absolute atomic E-state index is 13.2. The van der Waals surface area contributed by atoms with Gasteiger partial charge in [-0.2, -0.15) is 0 Å². The summed E-state index contributed by atoms with van der Waals surface area (Å²) >= 11 is 0. The van der Waals surface area contributed by atoms with Crippen molar-refractivity contribution in [3.05, 3.63) is 83.8 Å². The number of Topliss-reactive ketones (excluding diaryl/α,β-unsaturated/α-hetero) is 1. The van der Waals surface area contributed by atoms with Crippen LogP contribution in [0, 0.1) is 0 Å². The summed E-state index contributed by atoms with van der Waals surface area (Å²) in [6, 6.07) is 16.1. The molecule has 4 rings (SSSR count). The Balaban J connectivity index is 1.79. The Morgan fingerprint density at radius 2 is 1.82 bits per heavy atom. The first-order valence-electron chi connectivity index (χ1n) is 11.2. The number of aliphatic hydroxyl groups is 1. The highest BCUT2D eigenvalue weighted by Gasteiger charge is 2.48. The quantitative estimate of drug-likeness (QED) is 0.271. The normalized spacial score (nSPS) is 17.4. The van der Waals surface area contributed by atoms with Gasteiger partial charge in [-0.1, -0.05) is 13.0 Å². The molecule has 1 amide bonds. The molecule has 1 saturated heterocycles. The highest BCUT2D eigenvalue weighted by Crippen LogP contribution is 2.43. The topological polar surface area (TPSA) is 89.2 Å². The number of nitrogens with zero attached hydrogens (tertiary/aromatic N) is 1. The lowest BCUT2D eigenvalue weighted by Gasteiger charge is -2.23. The maximum Gasteiger partial charge on any atom is 0.300 e. The third-order valence-electron chi connectivity index (χ3n) is 5.33. The first-order chi connectivity index (χ1) is 16.4. The van der Waals surface area contributed by atoms with Gasteiger partial charge in [0.25, 0.3) is 11.7 Å². The van der Waals surface area contributed by atoms with Gasteiger partial charge in [-0.05, 0) is 68.8 Å². The van der Waals surface area contributed by atoms with E-state index in [2.05, 4.69) is 0 Å². The zero-order valence-corrected chi connectivity index (χ0v) is 19.4. The summed E-state index contributed by atoms with van der Waals surface area (Å²) in [5.74, 6) is -0.243. The first kappa shape index (κ1) is 23.2. The number of rotatable bonds is 8. The molecule has 0 saturated carbocycles. The number of anilines is 1. The molecule has 1 aliphatic heterocycles. The van der Waals surface area contributed by atoms with Gasteiger partial charge in [-0.3, -0.25) is 14.5 Å². The standard InChI is InChI=1S/C27H27NO6/c1-4-14-32-21-8-5-7-19(16-21)28-24(22-9-6-15-33-22)23(26(30)27(28)31)25(29)18-10-12-20(13-11-18)34-17(2)3/h5-13,15-17,24,29H,4,14H2,1-3H3/b25-23-. The molecule has 1 aromatic heterocycles. The molecular weight excluding hydrogens is 434 g/mol. The summed E-state index contributed by atoms with van der Waals surface area (Å²) in [5.41, 5.74) is 0.819. The summed E-state index contributed by atoms with van der Waals surface area (Å²) in [6.07, 6.45) is 2.30. The molecule has 1 unspecified atom stereocenters. The van der Waals surface area contributed by atoms with Crippen molar-refractivity contribution in [2.24, 2.45) is 0 Å². The molecule has 1 aliphatic rings. The van der Waals surface area contributed by atoms with Crippen molar-refractivity contribution >= 4 is 23.1 Å². The van der Waals surface area contributed by atoms with E-state index < -0.39 is 17.7 Å². The molecule has 1 fully saturated rings. The summed E-state index contributed by atoms with van der Waals surface area (Å²) in [6.45, 7) is 6.36. The average molecular weight is 462 g/mol. The van der Waals surface area contributed by atoms with E-state index in [1.165, 1.54) is 11.2 Å². The fourth-order valence-electron chi connectivity index (χ4n) is 3.88. The van der Waals surface area contributed by atoms with Crippen molar-refractivity contribution in [2.75, 3.05) is 11.5 Å². The van der Waals surface area contributed by atoms with Crippen molar-refractivity contribution in [3.63, 3.8) is 0 Å². The first-order valence-corrected chi connectivity index (χ1v) is 11.2. The lowest BCUT2D eigenvalue weighted by molar-refractivity contribution is -0.132. The molecule has 0 spiro atoms. The minimum Gasteiger partial charge on any atom is -0.507 e. The molecule has 0 aliphatic carbocycles. The number of aliphatic hydroxyl groups excluding tert-OH is 1. The van der Waals surface area contributed by atoms with Crippen molar-refractivity contribution in [1.82, 2.24) is 0 Å². The maximum atomic E-state index is 13.2. The Hall–Kier alpha value is -4.00. The van der Waals surface area contributed by atoms with Crippen LogP contribution < -0.4 is 14.4 Å². The van der Waals surface area contributed by atoms with Crippen molar-refractivity contribution in [2.45, 2.75) is 39.3 Å². The van der Waals surface area contributed by atoms with Crippen molar-refractivity contribution < 1.29 is 28.6 Å². The number of furan rings is 1. The predicted molar refractivity (Wildman–Crippen MR) is 128 cm³/mol. The monoisotopic (exact) mass is 461 g/mol. The number of carbonyl (C=O) groups is 2. The van der Waals surface area contributed by atoms with Crippen LogP contribution in [0.2, 0.25) is 0 Å². The Morgan fingerprint density at radius 1 is 1.06 bits per heavy atom. The van der Waals surface area contributed by atoms with Crippen LogP contribution in [0.4, 0.5) is 5.69 Å². The van der Waals surface area contributed by atoms with Gasteiger partial charge >= 0.3 is 0 Å². The Morgan fingerprint density at radius 3 is 2.47 bits per heavy atom. The van der Waals surface area contributed by atoms with Crippen molar-refractivity contribution in [1.29, 1.82) is 0 Å². The summed E-state index contributed by atoms with van der Waals surface area (Å²) < 4.78 is 17.0. The third-order valence-corrected chi connectivity index (χ3v) is 5.33. The van der Waals surface area contributed by atoms with Crippen molar-refractivity contribution in [3.8, 4) is 11.5 Å². The van der Waals surface area contributed by atoms with E-state index in [-0.39, 0.29) is 17.4 Å². The Labute approximate surface area is 198 Å². The lowest BCUT2D eigenvalue weighted by atomic mass is 9.99. The fourth-order valence-corrected chi connectivity index (χ4v) is 3.88. The SMILES string of the molecule is CCCOc1cccc(N2C(=O)C(=O)/C(=C(\O)c3ccc(OC(C)C)cc3)C2c2ccco2)c1. The van der Waals surface area contributed by atoms with E-state index in [0.29, 0.717) is 35.1 Å². The van der Waals surface area contributed by atoms with Gasteiger partial charge in [-0.25, -0.2) is 0 Å². The number of hydrogen-bond acceptors (Lipinski definition) is 6. The largest absolute Gasteiger partial charge is 0.507 e. The smallest absolute Gasteiger partial charge is 0.300 e. The zero-order valence-electron chi connectivity index (χ0n) is 19.4. The van der Waals surface area contributed by atoms with Gasteiger partial charge in [0.15, 0.2) is 0 Å². The lowest BCUT2D eigenvalue weighted by Crippen LogP contribution is -2.29. The number of benzene rings is 2. The molecule has 0 radical (unpaired) electrons. The second-order valence-electron chi connectivity index (χ2n) is 8.22. The second kappa shape index (κ2) is 9.87. The Kier molecular flexibility index (Phi) is 6.72. The highest BCUT2D eigenvalue weighted by atomic mass is 16.5. The van der Waals surface area contributed by atoms with E-state index in [1.807, 2.05) is 20.8 Å². The van der Waals surface area contributed by atoms with Gasteiger partial charge in [0, 0.05) is 17.3 Å². The summed E-state index contributed by atoms with van der Waals surface area (Å²) in [5, 5.41) is 11.2.